The first-order chi connectivity index (χ1) is 15.3. The van der Waals surface area contributed by atoms with Gasteiger partial charge in [0.05, 0.1) is 6.10 Å². The molecule has 7 nitrogen and oxygen atoms in total. The second-order valence-corrected chi connectivity index (χ2v) is 7.58. The number of ether oxygens (including phenoxy) is 3. The molecule has 0 aliphatic carbocycles. The van der Waals surface area contributed by atoms with Gasteiger partial charge < -0.3 is 24.4 Å². The van der Waals surface area contributed by atoms with E-state index in [9.17, 15) is 0 Å². The topological polar surface area (TPSA) is 68.2 Å². The van der Waals surface area contributed by atoms with Gasteiger partial charge in [0.1, 0.15) is 6.61 Å². The second-order valence-electron chi connectivity index (χ2n) is 7.58. The second kappa shape index (κ2) is 12.9. The zero-order chi connectivity index (χ0) is 21.7. The molecule has 0 amide bonds. The molecule has 1 aliphatic heterocycles. The van der Waals surface area contributed by atoms with Crippen molar-refractivity contribution in [1.29, 1.82) is 0 Å². The van der Waals surface area contributed by atoms with Crippen molar-refractivity contribution in [2.45, 2.75) is 38.5 Å². The molecule has 0 atom stereocenters. The van der Waals surface area contributed by atoms with Crippen molar-refractivity contribution < 1.29 is 14.2 Å². The summed E-state index contributed by atoms with van der Waals surface area (Å²) in [6.07, 6.45) is 5.09. The van der Waals surface area contributed by atoms with Gasteiger partial charge in [-0.2, -0.15) is 0 Å². The van der Waals surface area contributed by atoms with Gasteiger partial charge in [0.25, 0.3) is 0 Å². The van der Waals surface area contributed by atoms with E-state index in [1.54, 1.807) is 13.3 Å². The molecule has 31 heavy (non-hydrogen) atoms. The van der Waals surface area contributed by atoms with Crippen LogP contribution < -0.4 is 10.1 Å². The molecule has 0 bridgehead atoms. The number of piperidine rings is 1. The molecule has 168 valence electrons. The SMILES string of the molecule is CN=C(NCc1ccnc(OCc2ccccc2)c1)N1CCC(OCCCOC)CC1. The number of nitrogens with zero attached hydrogens (tertiary/aromatic N) is 3. The third kappa shape index (κ3) is 7.84. The van der Waals surface area contributed by atoms with Crippen LogP contribution in [-0.4, -0.2) is 62.4 Å². The molecule has 2 heterocycles. The number of rotatable bonds is 10. The quantitative estimate of drug-likeness (QED) is 0.357. The minimum absolute atomic E-state index is 0.329. The van der Waals surface area contributed by atoms with E-state index in [1.165, 1.54) is 0 Å². The summed E-state index contributed by atoms with van der Waals surface area (Å²) >= 11 is 0. The number of methoxy groups -OCH3 is 1. The fraction of sp³-hybridized carbons (Fsp3) is 0.500. The van der Waals surface area contributed by atoms with E-state index in [-0.39, 0.29) is 0 Å². The molecule has 0 spiro atoms. The van der Waals surface area contributed by atoms with Crippen molar-refractivity contribution in [2.24, 2.45) is 4.99 Å². The number of guanidine groups is 1. The smallest absolute Gasteiger partial charge is 0.213 e. The number of hydrogen-bond donors (Lipinski definition) is 1. The average Bonchev–Trinajstić information content (AvgIpc) is 2.83. The molecule has 1 saturated heterocycles. The number of hydrogen-bond acceptors (Lipinski definition) is 5. The first kappa shape index (κ1) is 23.0. The summed E-state index contributed by atoms with van der Waals surface area (Å²) in [7, 11) is 3.55. The molecule has 7 heteroatoms. The fourth-order valence-electron chi connectivity index (χ4n) is 3.57. The van der Waals surface area contributed by atoms with E-state index in [0.29, 0.717) is 25.1 Å². The Hall–Kier alpha value is -2.64. The molecule has 1 N–H and O–H groups in total. The van der Waals surface area contributed by atoms with Crippen molar-refractivity contribution in [3.63, 3.8) is 0 Å². The number of aromatic nitrogens is 1. The summed E-state index contributed by atoms with van der Waals surface area (Å²) in [4.78, 5) is 11.1. The highest BCUT2D eigenvalue weighted by molar-refractivity contribution is 5.79. The van der Waals surface area contributed by atoms with Gasteiger partial charge in [-0.05, 0) is 36.5 Å². The molecular formula is C24H34N4O3. The molecule has 1 fully saturated rings. The van der Waals surface area contributed by atoms with E-state index in [0.717, 1.165) is 62.7 Å². The van der Waals surface area contributed by atoms with Gasteiger partial charge >= 0.3 is 0 Å². The van der Waals surface area contributed by atoms with Crippen LogP contribution >= 0.6 is 0 Å². The highest BCUT2D eigenvalue weighted by Gasteiger charge is 2.21. The first-order valence-corrected chi connectivity index (χ1v) is 11.0. The maximum atomic E-state index is 5.96. The lowest BCUT2D eigenvalue weighted by Crippen LogP contribution is -2.46. The molecule has 0 radical (unpaired) electrons. The molecule has 2 aromatic rings. The van der Waals surface area contributed by atoms with E-state index in [1.807, 2.05) is 49.5 Å². The van der Waals surface area contributed by atoms with Crippen LogP contribution in [0.15, 0.2) is 53.7 Å². The number of pyridine rings is 1. The third-order valence-corrected chi connectivity index (χ3v) is 5.28. The molecule has 1 aromatic heterocycles. The predicted molar refractivity (Wildman–Crippen MR) is 122 cm³/mol. The zero-order valence-corrected chi connectivity index (χ0v) is 18.6. The molecule has 0 unspecified atom stereocenters. The summed E-state index contributed by atoms with van der Waals surface area (Å²) in [6, 6.07) is 14.1. The highest BCUT2D eigenvalue weighted by Crippen LogP contribution is 2.15. The lowest BCUT2D eigenvalue weighted by Gasteiger charge is -2.34. The van der Waals surface area contributed by atoms with Gasteiger partial charge in [-0.1, -0.05) is 30.3 Å². The van der Waals surface area contributed by atoms with Crippen LogP contribution in [0.1, 0.15) is 30.4 Å². The Morgan fingerprint density at radius 1 is 1.13 bits per heavy atom. The van der Waals surface area contributed by atoms with Gasteiger partial charge in [0, 0.05) is 59.3 Å². The van der Waals surface area contributed by atoms with Crippen molar-refractivity contribution in [3.05, 3.63) is 59.8 Å². The lowest BCUT2D eigenvalue weighted by atomic mass is 10.1. The first-order valence-electron chi connectivity index (χ1n) is 11.0. The summed E-state index contributed by atoms with van der Waals surface area (Å²) in [5, 5.41) is 3.47. The van der Waals surface area contributed by atoms with Crippen LogP contribution in [0, 0.1) is 0 Å². The maximum absolute atomic E-state index is 5.96. The van der Waals surface area contributed by atoms with Crippen molar-refractivity contribution >= 4 is 5.96 Å². The summed E-state index contributed by atoms with van der Waals surface area (Å²) < 4.78 is 16.9. The molecule has 3 rings (SSSR count). The minimum Gasteiger partial charge on any atom is -0.473 e. The highest BCUT2D eigenvalue weighted by atomic mass is 16.5. The largest absolute Gasteiger partial charge is 0.473 e. The van der Waals surface area contributed by atoms with Crippen LogP contribution in [0.25, 0.3) is 0 Å². The number of aliphatic imine (C=N–C) groups is 1. The molecule has 1 aliphatic rings. The summed E-state index contributed by atoms with van der Waals surface area (Å²) in [5.74, 6) is 1.55. The Morgan fingerprint density at radius 2 is 1.94 bits per heavy atom. The third-order valence-electron chi connectivity index (χ3n) is 5.28. The Morgan fingerprint density at radius 3 is 2.68 bits per heavy atom. The van der Waals surface area contributed by atoms with Gasteiger partial charge in [0.15, 0.2) is 5.96 Å². The van der Waals surface area contributed by atoms with Crippen molar-refractivity contribution in [2.75, 3.05) is 40.5 Å². The van der Waals surface area contributed by atoms with E-state index < -0.39 is 0 Å². The van der Waals surface area contributed by atoms with Gasteiger partial charge in [-0.3, -0.25) is 4.99 Å². The Kier molecular flexibility index (Phi) is 9.60. The van der Waals surface area contributed by atoms with Crippen LogP contribution in [0.3, 0.4) is 0 Å². The molecule has 1 aromatic carbocycles. The predicted octanol–water partition coefficient (Wildman–Crippen LogP) is 3.25. The normalized spacial score (nSPS) is 15.2. The molecule has 0 saturated carbocycles. The Bertz CT molecular complexity index is 792. The van der Waals surface area contributed by atoms with Gasteiger partial charge in [-0.25, -0.2) is 4.98 Å². The fourth-order valence-corrected chi connectivity index (χ4v) is 3.57. The van der Waals surface area contributed by atoms with Gasteiger partial charge in [0.2, 0.25) is 5.88 Å². The van der Waals surface area contributed by atoms with E-state index in [2.05, 4.69) is 20.2 Å². The van der Waals surface area contributed by atoms with E-state index in [4.69, 9.17) is 14.2 Å². The Balaban J connectivity index is 1.42. The van der Waals surface area contributed by atoms with Crippen LogP contribution in [0.5, 0.6) is 5.88 Å². The standard InChI is InChI=1S/C24H34N4O3/c1-25-24(28-13-10-22(11-14-28)30-16-6-15-29-2)27-18-21-9-12-26-23(17-21)31-19-20-7-4-3-5-8-20/h3-5,7-9,12,17,22H,6,10-11,13-16,18-19H2,1-2H3,(H,25,27). The summed E-state index contributed by atoms with van der Waals surface area (Å²) in [6.45, 7) is 4.58. The molecular weight excluding hydrogens is 392 g/mol. The lowest BCUT2D eigenvalue weighted by molar-refractivity contribution is 0.00989. The number of benzene rings is 1. The maximum Gasteiger partial charge on any atom is 0.213 e. The Labute approximate surface area is 185 Å². The van der Waals surface area contributed by atoms with Crippen molar-refractivity contribution in [3.8, 4) is 5.88 Å². The number of nitrogens with one attached hydrogen (secondary N) is 1. The number of likely N-dealkylation sites (tertiary alicyclic amines) is 1. The van der Waals surface area contributed by atoms with Crippen molar-refractivity contribution in [1.82, 2.24) is 15.2 Å². The van der Waals surface area contributed by atoms with E-state index >= 15 is 0 Å². The zero-order valence-electron chi connectivity index (χ0n) is 18.6. The van der Waals surface area contributed by atoms with Gasteiger partial charge in [-0.15, -0.1) is 0 Å². The minimum atomic E-state index is 0.329. The monoisotopic (exact) mass is 426 g/mol. The van der Waals surface area contributed by atoms with Crippen LogP contribution in [0.4, 0.5) is 0 Å². The van der Waals surface area contributed by atoms with Crippen LogP contribution in [-0.2, 0) is 22.6 Å². The average molecular weight is 427 g/mol. The summed E-state index contributed by atoms with van der Waals surface area (Å²) in [5.41, 5.74) is 2.23. The van der Waals surface area contributed by atoms with Crippen LogP contribution in [0.2, 0.25) is 0 Å².